The van der Waals surface area contributed by atoms with Gasteiger partial charge in [-0.25, -0.2) is 0 Å². The summed E-state index contributed by atoms with van der Waals surface area (Å²) < 4.78 is 4.64. The lowest BCUT2D eigenvalue weighted by molar-refractivity contribution is -0.384. The zero-order chi connectivity index (χ0) is 14.6. The van der Waals surface area contributed by atoms with Crippen LogP contribution in [0.5, 0.6) is 0 Å². The van der Waals surface area contributed by atoms with Crippen LogP contribution in [0.25, 0.3) is 0 Å². The molecule has 1 atom stereocenters. The number of benzene rings is 1. The molecule has 0 saturated heterocycles. The molecule has 0 bridgehead atoms. The van der Waals surface area contributed by atoms with E-state index in [1.807, 2.05) is 0 Å². The minimum atomic E-state index is -0.513. The van der Waals surface area contributed by atoms with Crippen LogP contribution in [0.3, 0.4) is 0 Å². The van der Waals surface area contributed by atoms with Crippen LogP contribution in [0.2, 0.25) is 5.02 Å². The summed E-state index contributed by atoms with van der Waals surface area (Å²) in [4.78, 5) is 22.3. The van der Waals surface area contributed by atoms with Crippen LogP contribution >= 0.6 is 23.4 Å². The fourth-order valence-corrected chi connectivity index (χ4v) is 2.78. The molecule has 104 valence electrons. The van der Waals surface area contributed by atoms with Gasteiger partial charge in [0.1, 0.15) is 5.02 Å². The summed E-state index contributed by atoms with van der Waals surface area (Å²) >= 11 is 7.28. The standard InChI is InChI=1S/C12H14ClNO4S/c1-7-4-10(14(16)17)9(13)5-11(7)19-6-8(2)12(15)18-3/h4-5,8H,6H2,1-3H3. The molecule has 0 amide bonds. The fourth-order valence-electron chi connectivity index (χ4n) is 1.43. The van der Waals surface area contributed by atoms with Crippen LogP contribution < -0.4 is 0 Å². The molecule has 19 heavy (non-hydrogen) atoms. The van der Waals surface area contributed by atoms with Crippen molar-refractivity contribution >= 4 is 35.0 Å². The van der Waals surface area contributed by atoms with Crippen molar-refractivity contribution in [3.8, 4) is 0 Å². The van der Waals surface area contributed by atoms with Crippen molar-refractivity contribution in [2.45, 2.75) is 18.7 Å². The number of nitro groups is 1. The summed E-state index contributed by atoms with van der Waals surface area (Å²) in [6, 6.07) is 3.00. The predicted octanol–water partition coefficient (Wildman–Crippen LogP) is 3.46. The quantitative estimate of drug-likeness (QED) is 0.360. The first kappa shape index (κ1) is 15.8. The van der Waals surface area contributed by atoms with Gasteiger partial charge in [-0.05, 0) is 18.6 Å². The van der Waals surface area contributed by atoms with Crippen molar-refractivity contribution in [2.75, 3.05) is 12.9 Å². The average molecular weight is 304 g/mol. The molecule has 5 nitrogen and oxygen atoms in total. The Bertz CT molecular complexity index is 507. The Balaban J connectivity index is 2.83. The van der Waals surface area contributed by atoms with Crippen LogP contribution in [-0.4, -0.2) is 23.8 Å². The number of thioether (sulfide) groups is 1. The maximum atomic E-state index is 11.3. The van der Waals surface area contributed by atoms with E-state index in [9.17, 15) is 14.9 Å². The smallest absolute Gasteiger partial charge is 0.309 e. The highest BCUT2D eigenvalue weighted by Crippen LogP contribution is 2.33. The number of hydrogen-bond donors (Lipinski definition) is 0. The molecule has 0 saturated carbocycles. The topological polar surface area (TPSA) is 69.4 Å². The molecule has 0 aliphatic heterocycles. The van der Waals surface area contributed by atoms with Gasteiger partial charge in [-0.1, -0.05) is 18.5 Å². The van der Waals surface area contributed by atoms with Crippen LogP contribution in [0.15, 0.2) is 17.0 Å². The number of halogens is 1. The number of aryl methyl sites for hydroxylation is 1. The fraction of sp³-hybridized carbons (Fsp3) is 0.417. The first-order valence-corrected chi connectivity index (χ1v) is 6.88. The van der Waals surface area contributed by atoms with Gasteiger partial charge in [-0.15, -0.1) is 11.8 Å². The Morgan fingerprint density at radius 2 is 2.21 bits per heavy atom. The van der Waals surface area contributed by atoms with E-state index in [0.29, 0.717) is 5.75 Å². The number of nitrogens with zero attached hydrogens (tertiary/aromatic N) is 1. The van der Waals surface area contributed by atoms with E-state index in [0.717, 1.165) is 10.5 Å². The molecule has 0 aliphatic carbocycles. The predicted molar refractivity (Wildman–Crippen MR) is 74.7 cm³/mol. The van der Waals surface area contributed by atoms with E-state index in [2.05, 4.69) is 4.74 Å². The number of esters is 1. The number of hydrogen-bond acceptors (Lipinski definition) is 5. The van der Waals surface area contributed by atoms with Gasteiger partial charge in [0, 0.05) is 16.7 Å². The monoisotopic (exact) mass is 303 g/mol. The number of rotatable bonds is 5. The third kappa shape index (κ3) is 4.11. The molecule has 0 spiro atoms. The van der Waals surface area contributed by atoms with Crippen molar-refractivity contribution in [2.24, 2.45) is 5.92 Å². The van der Waals surface area contributed by atoms with E-state index in [4.69, 9.17) is 11.6 Å². The highest BCUT2D eigenvalue weighted by atomic mass is 35.5. The Kier molecular flexibility index (Phi) is 5.62. The second-order valence-corrected chi connectivity index (χ2v) is 5.53. The van der Waals surface area contributed by atoms with E-state index in [-0.39, 0.29) is 22.6 Å². The van der Waals surface area contributed by atoms with Crippen molar-refractivity contribution in [1.29, 1.82) is 0 Å². The van der Waals surface area contributed by atoms with Crippen LogP contribution in [0.4, 0.5) is 5.69 Å². The van der Waals surface area contributed by atoms with Crippen molar-refractivity contribution in [3.63, 3.8) is 0 Å². The summed E-state index contributed by atoms with van der Waals surface area (Å²) in [7, 11) is 1.34. The molecule has 7 heteroatoms. The van der Waals surface area contributed by atoms with Crippen LogP contribution in [0, 0.1) is 23.0 Å². The lowest BCUT2D eigenvalue weighted by atomic mass is 10.2. The number of carbonyl (C=O) groups excluding carboxylic acids is 1. The maximum absolute atomic E-state index is 11.3. The Hall–Kier alpha value is -1.27. The highest BCUT2D eigenvalue weighted by Gasteiger charge is 2.17. The largest absolute Gasteiger partial charge is 0.469 e. The van der Waals surface area contributed by atoms with Crippen molar-refractivity contribution in [1.82, 2.24) is 0 Å². The molecular formula is C12H14ClNO4S. The van der Waals surface area contributed by atoms with Crippen molar-refractivity contribution < 1.29 is 14.5 Å². The second kappa shape index (κ2) is 6.77. The molecule has 0 fully saturated rings. The molecule has 0 aliphatic rings. The average Bonchev–Trinajstić information content (AvgIpc) is 2.37. The van der Waals surface area contributed by atoms with E-state index >= 15 is 0 Å². The molecule has 1 aromatic rings. The summed E-state index contributed by atoms with van der Waals surface area (Å²) in [5.41, 5.74) is 0.655. The molecular weight excluding hydrogens is 290 g/mol. The van der Waals surface area contributed by atoms with Crippen LogP contribution in [-0.2, 0) is 9.53 Å². The van der Waals surface area contributed by atoms with E-state index in [1.54, 1.807) is 19.9 Å². The number of carbonyl (C=O) groups is 1. The summed E-state index contributed by atoms with van der Waals surface area (Å²) in [5.74, 6) is 0.00306. The number of methoxy groups -OCH3 is 1. The van der Waals surface area contributed by atoms with E-state index < -0.39 is 4.92 Å². The van der Waals surface area contributed by atoms with Gasteiger partial charge in [0.2, 0.25) is 0 Å². The Morgan fingerprint density at radius 1 is 1.58 bits per heavy atom. The number of nitro benzene ring substituents is 1. The SMILES string of the molecule is COC(=O)C(C)CSc1cc(Cl)c([N+](=O)[O-])cc1C. The lowest BCUT2D eigenvalue weighted by Crippen LogP contribution is -2.14. The molecule has 0 heterocycles. The summed E-state index contributed by atoms with van der Waals surface area (Å²) in [6.45, 7) is 3.54. The molecule has 0 radical (unpaired) electrons. The molecule has 1 unspecified atom stereocenters. The minimum absolute atomic E-state index is 0.101. The molecule has 1 rings (SSSR count). The third-order valence-electron chi connectivity index (χ3n) is 2.53. The Labute approximate surface area is 120 Å². The third-order valence-corrected chi connectivity index (χ3v) is 4.25. The maximum Gasteiger partial charge on any atom is 0.309 e. The zero-order valence-corrected chi connectivity index (χ0v) is 12.4. The normalized spacial score (nSPS) is 12.0. The Morgan fingerprint density at radius 3 is 2.74 bits per heavy atom. The molecule has 1 aromatic carbocycles. The van der Waals surface area contributed by atoms with Crippen molar-refractivity contribution in [3.05, 3.63) is 32.8 Å². The van der Waals surface area contributed by atoms with Crippen LogP contribution in [0.1, 0.15) is 12.5 Å². The number of ether oxygens (including phenoxy) is 1. The lowest BCUT2D eigenvalue weighted by Gasteiger charge is -2.10. The van der Waals surface area contributed by atoms with Gasteiger partial charge in [-0.2, -0.15) is 0 Å². The zero-order valence-electron chi connectivity index (χ0n) is 10.8. The van der Waals surface area contributed by atoms with Gasteiger partial charge in [0.15, 0.2) is 0 Å². The van der Waals surface area contributed by atoms with Gasteiger partial charge in [0.25, 0.3) is 5.69 Å². The first-order chi connectivity index (χ1) is 8.86. The first-order valence-electron chi connectivity index (χ1n) is 5.52. The van der Waals surface area contributed by atoms with Gasteiger partial charge in [-0.3, -0.25) is 14.9 Å². The van der Waals surface area contributed by atoms with Gasteiger partial charge >= 0.3 is 5.97 Å². The van der Waals surface area contributed by atoms with E-state index in [1.165, 1.54) is 24.9 Å². The van der Waals surface area contributed by atoms with Gasteiger partial charge < -0.3 is 4.74 Å². The molecule has 0 N–H and O–H groups in total. The molecule has 0 aromatic heterocycles. The summed E-state index contributed by atoms with van der Waals surface area (Å²) in [6.07, 6.45) is 0. The summed E-state index contributed by atoms with van der Waals surface area (Å²) in [5, 5.41) is 10.8. The highest BCUT2D eigenvalue weighted by molar-refractivity contribution is 7.99. The minimum Gasteiger partial charge on any atom is -0.469 e. The van der Waals surface area contributed by atoms with Gasteiger partial charge in [0.05, 0.1) is 18.0 Å². The second-order valence-electron chi connectivity index (χ2n) is 4.06.